The van der Waals surface area contributed by atoms with Gasteiger partial charge in [-0.25, -0.2) is 8.42 Å². The summed E-state index contributed by atoms with van der Waals surface area (Å²) in [5.74, 6) is 0.542. The lowest BCUT2D eigenvalue weighted by molar-refractivity contribution is 0.335. The van der Waals surface area contributed by atoms with Crippen LogP contribution >= 0.6 is 12.4 Å². The van der Waals surface area contributed by atoms with Gasteiger partial charge in [-0.3, -0.25) is 9.40 Å². The highest BCUT2D eigenvalue weighted by Crippen LogP contribution is 2.28. The molecule has 0 amide bonds. The number of rotatable bonds is 7. The Morgan fingerprint density at radius 2 is 1.96 bits per heavy atom. The number of aryl methyl sites for hydroxylation is 1. The highest BCUT2D eigenvalue weighted by molar-refractivity contribution is 7.92. The molecule has 3 rings (SSSR count). The zero-order valence-corrected chi connectivity index (χ0v) is 16.9. The summed E-state index contributed by atoms with van der Waals surface area (Å²) < 4.78 is 29.1. The Hall–Kier alpha value is -1.57. The van der Waals surface area contributed by atoms with Gasteiger partial charge in [0.15, 0.2) is 0 Å². The first-order chi connectivity index (χ1) is 12.0. The van der Waals surface area contributed by atoms with Gasteiger partial charge in [0, 0.05) is 25.0 Å². The standard InChI is InChI=1S/C18H26N4O2S.ClH/c1-3-10-21-11-9-16(13-21)15-5-7-17(8-6-15)20-25(23,24)18-12-19-22(4-2)14-18;/h5-8,12,14,16,20H,3-4,9-11,13H2,1-2H3;1H/t16-;/m1./s1. The minimum Gasteiger partial charge on any atom is -0.303 e. The van der Waals surface area contributed by atoms with Crippen LogP contribution in [0.1, 0.15) is 38.2 Å². The number of benzene rings is 1. The molecule has 1 fully saturated rings. The van der Waals surface area contributed by atoms with E-state index in [1.54, 1.807) is 4.68 Å². The number of halogens is 1. The zero-order chi connectivity index (χ0) is 17.9. The maximum absolute atomic E-state index is 12.4. The predicted molar refractivity (Wildman–Crippen MR) is 106 cm³/mol. The van der Waals surface area contributed by atoms with Gasteiger partial charge >= 0.3 is 0 Å². The van der Waals surface area contributed by atoms with Gasteiger partial charge < -0.3 is 4.90 Å². The van der Waals surface area contributed by atoms with E-state index in [1.165, 1.54) is 30.8 Å². The molecule has 1 atom stereocenters. The molecule has 0 bridgehead atoms. The average molecular weight is 399 g/mol. The lowest BCUT2D eigenvalue weighted by Gasteiger charge is -2.15. The van der Waals surface area contributed by atoms with Crippen molar-refractivity contribution >= 4 is 28.1 Å². The van der Waals surface area contributed by atoms with Crippen LogP contribution in [0.15, 0.2) is 41.6 Å². The van der Waals surface area contributed by atoms with E-state index in [0.717, 1.165) is 19.6 Å². The van der Waals surface area contributed by atoms with Crippen LogP contribution in [0.5, 0.6) is 0 Å². The summed E-state index contributed by atoms with van der Waals surface area (Å²) in [5.41, 5.74) is 1.86. The van der Waals surface area contributed by atoms with Gasteiger partial charge in [-0.2, -0.15) is 5.10 Å². The van der Waals surface area contributed by atoms with Crippen LogP contribution in [0.25, 0.3) is 0 Å². The van der Waals surface area contributed by atoms with Crippen LogP contribution < -0.4 is 4.72 Å². The van der Waals surface area contributed by atoms with Gasteiger partial charge in [-0.1, -0.05) is 19.1 Å². The smallest absolute Gasteiger partial charge is 0.265 e. The lowest BCUT2D eigenvalue weighted by Crippen LogP contribution is -2.20. The zero-order valence-electron chi connectivity index (χ0n) is 15.3. The fourth-order valence-corrected chi connectivity index (χ4v) is 4.33. The summed E-state index contributed by atoms with van der Waals surface area (Å²) in [6.07, 6.45) is 5.27. The number of nitrogens with one attached hydrogen (secondary N) is 1. The molecule has 1 aliphatic heterocycles. The summed E-state index contributed by atoms with van der Waals surface area (Å²) >= 11 is 0. The van der Waals surface area contributed by atoms with Crippen molar-refractivity contribution in [1.29, 1.82) is 0 Å². The lowest BCUT2D eigenvalue weighted by atomic mass is 9.98. The molecule has 0 spiro atoms. The third kappa shape index (κ3) is 4.78. The first-order valence-electron chi connectivity index (χ1n) is 8.89. The summed E-state index contributed by atoms with van der Waals surface area (Å²) in [5, 5.41) is 4.02. The molecule has 1 aromatic carbocycles. The Bertz CT molecular complexity index is 805. The molecule has 144 valence electrons. The molecular weight excluding hydrogens is 372 g/mol. The van der Waals surface area contributed by atoms with Crippen LogP contribution in [0.2, 0.25) is 0 Å². The Morgan fingerprint density at radius 1 is 1.23 bits per heavy atom. The largest absolute Gasteiger partial charge is 0.303 e. The molecule has 0 radical (unpaired) electrons. The second-order valence-electron chi connectivity index (χ2n) is 6.55. The SMILES string of the molecule is CCCN1CC[C@@H](c2ccc(NS(=O)(=O)c3cnn(CC)c3)cc2)C1.Cl. The fraction of sp³-hybridized carbons (Fsp3) is 0.500. The second-order valence-corrected chi connectivity index (χ2v) is 8.23. The molecule has 0 aliphatic carbocycles. The third-order valence-electron chi connectivity index (χ3n) is 4.69. The molecule has 0 unspecified atom stereocenters. The van der Waals surface area contributed by atoms with Crippen LogP contribution in [0, 0.1) is 0 Å². The Morgan fingerprint density at radius 3 is 2.58 bits per heavy atom. The molecule has 26 heavy (non-hydrogen) atoms. The maximum atomic E-state index is 12.4. The monoisotopic (exact) mass is 398 g/mol. The number of sulfonamides is 1. The second kappa shape index (κ2) is 8.88. The summed E-state index contributed by atoms with van der Waals surface area (Å²) in [4.78, 5) is 2.68. The van der Waals surface area contributed by atoms with Crippen molar-refractivity contribution in [2.45, 2.75) is 44.0 Å². The van der Waals surface area contributed by atoms with Crippen LogP contribution in [0.3, 0.4) is 0 Å². The molecule has 1 N–H and O–H groups in total. The van der Waals surface area contributed by atoms with Gasteiger partial charge in [-0.15, -0.1) is 12.4 Å². The topological polar surface area (TPSA) is 67.2 Å². The van der Waals surface area contributed by atoms with Gasteiger partial charge in [0.05, 0.1) is 6.20 Å². The molecule has 8 heteroatoms. The van der Waals surface area contributed by atoms with E-state index in [1.807, 2.05) is 31.2 Å². The van der Waals surface area contributed by atoms with E-state index in [2.05, 4.69) is 21.6 Å². The van der Waals surface area contributed by atoms with E-state index in [0.29, 0.717) is 18.2 Å². The Balaban J connectivity index is 0.00000243. The Labute approximate surface area is 162 Å². The van der Waals surface area contributed by atoms with Gasteiger partial charge in [0.25, 0.3) is 10.0 Å². The number of aromatic nitrogens is 2. The van der Waals surface area contributed by atoms with E-state index < -0.39 is 10.0 Å². The highest BCUT2D eigenvalue weighted by Gasteiger charge is 2.23. The van der Waals surface area contributed by atoms with Crippen molar-refractivity contribution in [3.05, 3.63) is 42.2 Å². The van der Waals surface area contributed by atoms with Crippen molar-refractivity contribution < 1.29 is 8.42 Å². The van der Waals surface area contributed by atoms with Crippen LogP contribution in [0.4, 0.5) is 5.69 Å². The number of anilines is 1. The van der Waals surface area contributed by atoms with E-state index in [9.17, 15) is 8.42 Å². The van der Waals surface area contributed by atoms with Crippen molar-refractivity contribution in [2.75, 3.05) is 24.4 Å². The van der Waals surface area contributed by atoms with Crippen LogP contribution in [-0.2, 0) is 16.6 Å². The molecule has 2 aromatic rings. The molecule has 1 aliphatic rings. The van der Waals surface area contributed by atoms with Crippen molar-refractivity contribution in [2.24, 2.45) is 0 Å². The summed E-state index contributed by atoms with van der Waals surface area (Å²) in [6.45, 7) is 8.16. The fourth-order valence-electron chi connectivity index (χ4n) is 3.32. The van der Waals surface area contributed by atoms with Gasteiger partial charge in [0.1, 0.15) is 4.90 Å². The first-order valence-corrected chi connectivity index (χ1v) is 10.4. The molecular formula is C18H27ClN4O2S. The van der Waals surface area contributed by atoms with Crippen LogP contribution in [-0.4, -0.2) is 42.7 Å². The maximum Gasteiger partial charge on any atom is 0.265 e. The third-order valence-corrected chi connectivity index (χ3v) is 6.03. The number of hydrogen-bond donors (Lipinski definition) is 1. The summed E-state index contributed by atoms with van der Waals surface area (Å²) in [6, 6.07) is 7.76. The number of hydrogen-bond acceptors (Lipinski definition) is 4. The molecule has 2 heterocycles. The van der Waals surface area contributed by atoms with Crippen molar-refractivity contribution in [1.82, 2.24) is 14.7 Å². The predicted octanol–water partition coefficient (Wildman–Crippen LogP) is 3.32. The normalized spacial score (nSPS) is 17.8. The van der Waals surface area contributed by atoms with Crippen molar-refractivity contribution in [3.63, 3.8) is 0 Å². The molecule has 6 nitrogen and oxygen atoms in total. The molecule has 1 aromatic heterocycles. The number of likely N-dealkylation sites (tertiary alicyclic amines) is 1. The minimum atomic E-state index is -3.59. The van der Waals surface area contributed by atoms with Crippen molar-refractivity contribution in [3.8, 4) is 0 Å². The summed E-state index contributed by atoms with van der Waals surface area (Å²) in [7, 11) is -3.59. The Kier molecular flexibility index (Phi) is 7.08. The molecule has 0 saturated carbocycles. The minimum absolute atomic E-state index is 0. The number of nitrogens with zero attached hydrogens (tertiary/aromatic N) is 3. The van der Waals surface area contributed by atoms with Gasteiger partial charge in [0.2, 0.25) is 0 Å². The van der Waals surface area contributed by atoms with Gasteiger partial charge in [-0.05, 0) is 56.5 Å². The van der Waals surface area contributed by atoms with E-state index in [-0.39, 0.29) is 17.3 Å². The first kappa shape index (κ1) is 20.7. The molecule has 1 saturated heterocycles. The van der Waals surface area contributed by atoms with E-state index >= 15 is 0 Å². The average Bonchev–Trinajstić information content (AvgIpc) is 3.25. The van der Waals surface area contributed by atoms with E-state index in [4.69, 9.17) is 0 Å². The quantitative estimate of drug-likeness (QED) is 0.776. The highest BCUT2D eigenvalue weighted by atomic mass is 35.5.